The molecule has 12 heteroatoms. The van der Waals surface area contributed by atoms with E-state index in [9.17, 15) is 22.8 Å². The zero-order chi connectivity index (χ0) is 20.8. The van der Waals surface area contributed by atoms with E-state index in [0.29, 0.717) is 0 Å². The minimum atomic E-state index is -4.57. The van der Waals surface area contributed by atoms with E-state index in [4.69, 9.17) is 28.2 Å². The van der Waals surface area contributed by atoms with Gasteiger partial charge in [-0.1, -0.05) is 6.08 Å². The Hall–Kier alpha value is -2.02. The highest BCUT2D eigenvalue weighted by molar-refractivity contribution is 7.85. The molecule has 11 nitrogen and oxygen atoms in total. The Kier molecular flexibility index (Phi) is 8.34. The van der Waals surface area contributed by atoms with E-state index in [1.165, 1.54) is 6.08 Å². The molecule has 1 saturated heterocycles. The van der Waals surface area contributed by atoms with Gasteiger partial charge in [0.15, 0.2) is 24.6 Å². The second-order valence-corrected chi connectivity index (χ2v) is 7.13. The first kappa shape index (κ1) is 23.0. The van der Waals surface area contributed by atoms with Crippen LogP contribution in [-0.4, -0.2) is 73.9 Å². The first-order valence-electron chi connectivity index (χ1n) is 7.79. The van der Waals surface area contributed by atoms with Crippen LogP contribution in [0.2, 0.25) is 0 Å². The Morgan fingerprint density at radius 3 is 1.93 bits per heavy atom. The van der Waals surface area contributed by atoms with Gasteiger partial charge in [0, 0.05) is 20.8 Å². The van der Waals surface area contributed by atoms with Crippen LogP contribution in [-0.2, 0) is 48.2 Å². The molecule has 0 aromatic rings. The van der Waals surface area contributed by atoms with Gasteiger partial charge in [-0.25, -0.2) is 0 Å². The molecule has 1 heterocycles. The zero-order valence-corrected chi connectivity index (χ0v) is 15.8. The van der Waals surface area contributed by atoms with E-state index in [1.807, 2.05) is 0 Å². The normalized spacial score (nSPS) is 28.1. The van der Waals surface area contributed by atoms with Crippen molar-refractivity contribution in [2.24, 2.45) is 0 Å². The molecule has 0 radical (unpaired) electrons. The summed E-state index contributed by atoms with van der Waals surface area (Å²) < 4.78 is 57.9. The predicted molar refractivity (Wildman–Crippen MR) is 87.9 cm³/mol. The van der Waals surface area contributed by atoms with Crippen LogP contribution in [0.4, 0.5) is 0 Å². The monoisotopic (exact) mass is 410 g/mol. The summed E-state index contributed by atoms with van der Waals surface area (Å²) in [6.45, 7) is 6.56. The highest BCUT2D eigenvalue weighted by atomic mass is 32.2. The number of hydrogen-bond donors (Lipinski definition) is 1. The predicted octanol–water partition coefficient (Wildman–Crippen LogP) is -0.403. The topological polar surface area (TPSA) is 152 Å². The van der Waals surface area contributed by atoms with Crippen LogP contribution in [0.1, 0.15) is 20.8 Å². The van der Waals surface area contributed by atoms with Gasteiger partial charge in [-0.2, -0.15) is 8.42 Å². The van der Waals surface area contributed by atoms with Crippen LogP contribution < -0.4 is 0 Å². The van der Waals surface area contributed by atoms with Crippen LogP contribution in [0.15, 0.2) is 12.7 Å². The van der Waals surface area contributed by atoms with E-state index in [0.717, 1.165) is 20.8 Å². The van der Waals surface area contributed by atoms with E-state index in [1.54, 1.807) is 0 Å². The van der Waals surface area contributed by atoms with Gasteiger partial charge in [-0.3, -0.25) is 18.9 Å². The second-order valence-electron chi connectivity index (χ2n) is 5.64. The van der Waals surface area contributed by atoms with Gasteiger partial charge < -0.3 is 23.7 Å². The molecule has 0 aromatic heterocycles. The third kappa shape index (κ3) is 7.62. The third-order valence-corrected chi connectivity index (χ3v) is 4.00. The van der Waals surface area contributed by atoms with Gasteiger partial charge in [0.2, 0.25) is 0 Å². The summed E-state index contributed by atoms with van der Waals surface area (Å²) in [5, 5.41) is 0. The molecular formula is C15H22O11S. The van der Waals surface area contributed by atoms with Gasteiger partial charge in [0.25, 0.3) is 10.1 Å². The summed E-state index contributed by atoms with van der Waals surface area (Å²) in [5.74, 6) is -3.41. The lowest BCUT2D eigenvalue weighted by atomic mass is 9.98. The standard InChI is InChI=1S/C15H22O11S/c1-5-6-22-15-14(25-10(4)18)13(24-9(3)17)12(23-8(2)16)11(26-15)7-27(19,20)21/h5,11-15H,1,6-7H2,2-4H3,(H,19,20,21)/t11-,12+,13-,14-,15+/m1/s1. The van der Waals surface area contributed by atoms with Crippen molar-refractivity contribution in [2.45, 2.75) is 51.5 Å². The maximum atomic E-state index is 11.5. The largest absolute Gasteiger partial charge is 0.456 e. The first-order valence-corrected chi connectivity index (χ1v) is 9.40. The van der Waals surface area contributed by atoms with Crippen molar-refractivity contribution in [2.75, 3.05) is 12.4 Å². The fourth-order valence-electron chi connectivity index (χ4n) is 2.49. The Morgan fingerprint density at radius 2 is 1.48 bits per heavy atom. The molecule has 0 aliphatic carbocycles. The van der Waals surface area contributed by atoms with Crippen molar-refractivity contribution < 1.29 is 51.0 Å². The average molecular weight is 410 g/mol. The average Bonchev–Trinajstić information content (AvgIpc) is 2.48. The minimum Gasteiger partial charge on any atom is -0.456 e. The molecule has 0 amide bonds. The molecule has 1 rings (SSSR count). The van der Waals surface area contributed by atoms with Gasteiger partial charge in [-0.05, 0) is 0 Å². The van der Waals surface area contributed by atoms with E-state index < -0.39 is 64.5 Å². The number of carbonyl (C=O) groups excluding carboxylic acids is 3. The summed E-state index contributed by atoms with van der Waals surface area (Å²) in [4.78, 5) is 34.4. The second kappa shape index (κ2) is 9.78. The van der Waals surface area contributed by atoms with Crippen molar-refractivity contribution in [3.05, 3.63) is 12.7 Å². The van der Waals surface area contributed by atoms with Crippen molar-refractivity contribution in [3.63, 3.8) is 0 Å². The van der Waals surface area contributed by atoms with Gasteiger partial charge in [0.05, 0.1) is 6.61 Å². The molecule has 0 aromatic carbocycles. The number of esters is 3. The lowest BCUT2D eigenvalue weighted by Gasteiger charge is -2.43. The molecular weight excluding hydrogens is 388 g/mol. The van der Waals surface area contributed by atoms with Crippen molar-refractivity contribution in [1.82, 2.24) is 0 Å². The van der Waals surface area contributed by atoms with E-state index in [2.05, 4.69) is 6.58 Å². The summed E-state index contributed by atoms with van der Waals surface area (Å²) in [6, 6.07) is 0. The Morgan fingerprint density at radius 1 is 1.00 bits per heavy atom. The molecule has 0 unspecified atom stereocenters. The first-order chi connectivity index (χ1) is 12.4. The third-order valence-electron chi connectivity index (χ3n) is 3.25. The highest BCUT2D eigenvalue weighted by Crippen LogP contribution is 2.30. The number of carbonyl (C=O) groups is 3. The summed E-state index contributed by atoms with van der Waals surface area (Å²) in [6.07, 6.45) is -5.78. The van der Waals surface area contributed by atoms with Crippen molar-refractivity contribution in [1.29, 1.82) is 0 Å². The molecule has 0 bridgehead atoms. The minimum absolute atomic E-state index is 0.0773. The Labute approximate surface area is 156 Å². The smallest absolute Gasteiger partial charge is 0.303 e. The van der Waals surface area contributed by atoms with Crippen molar-refractivity contribution in [3.8, 4) is 0 Å². The summed E-state index contributed by atoms with van der Waals surface area (Å²) in [7, 11) is -4.57. The van der Waals surface area contributed by atoms with Crippen LogP contribution in [0.5, 0.6) is 0 Å². The molecule has 1 N–H and O–H groups in total. The molecule has 1 aliphatic heterocycles. The lowest BCUT2D eigenvalue weighted by Crippen LogP contribution is -2.63. The van der Waals surface area contributed by atoms with E-state index >= 15 is 0 Å². The molecule has 1 aliphatic rings. The molecule has 27 heavy (non-hydrogen) atoms. The van der Waals surface area contributed by atoms with E-state index in [-0.39, 0.29) is 6.61 Å². The molecule has 5 atom stereocenters. The highest BCUT2D eigenvalue weighted by Gasteiger charge is 2.53. The maximum Gasteiger partial charge on any atom is 0.303 e. The fraction of sp³-hybridized carbons (Fsp3) is 0.667. The van der Waals surface area contributed by atoms with Crippen molar-refractivity contribution >= 4 is 28.0 Å². The van der Waals surface area contributed by atoms with Gasteiger partial charge in [-0.15, -0.1) is 6.58 Å². The molecule has 1 fully saturated rings. The number of hydrogen-bond acceptors (Lipinski definition) is 10. The fourth-order valence-corrected chi connectivity index (χ4v) is 3.18. The van der Waals surface area contributed by atoms with Gasteiger partial charge >= 0.3 is 17.9 Å². The maximum absolute atomic E-state index is 11.5. The summed E-state index contributed by atoms with van der Waals surface area (Å²) >= 11 is 0. The van der Waals surface area contributed by atoms with Crippen LogP contribution in [0.3, 0.4) is 0 Å². The molecule has 154 valence electrons. The lowest BCUT2D eigenvalue weighted by molar-refractivity contribution is -0.297. The summed E-state index contributed by atoms with van der Waals surface area (Å²) in [5.41, 5.74) is 0. The van der Waals surface area contributed by atoms with Gasteiger partial charge in [0.1, 0.15) is 11.9 Å². The zero-order valence-electron chi connectivity index (χ0n) is 15.0. The van der Waals surface area contributed by atoms with Crippen LogP contribution in [0, 0.1) is 0 Å². The van der Waals surface area contributed by atoms with Crippen LogP contribution >= 0.6 is 0 Å². The molecule has 0 saturated carbocycles. The SMILES string of the molecule is C=CCO[C@H]1O[C@H](CS(=O)(=O)O)[C@H](OC(C)=O)[C@@H](OC(C)=O)[C@H]1OC(C)=O. The Balaban J connectivity index is 3.35. The van der Waals surface area contributed by atoms with Crippen LogP contribution in [0.25, 0.3) is 0 Å². The number of rotatable bonds is 8. The molecule has 0 spiro atoms. The number of ether oxygens (including phenoxy) is 5. The quantitative estimate of drug-likeness (QED) is 0.241. The Bertz CT molecular complexity index is 671.